The summed E-state index contributed by atoms with van der Waals surface area (Å²) in [5, 5.41) is 4.28. The highest BCUT2D eigenvalue weighted by Crippen LogP contribution is 2.33. The van der Waals surface area contributed by atoms with Crippen molar-refractivity contribution in [3.05, 3.63) is 52.5 Å². The first-order valence-corrected chi connectivity index (χ1v) is 8.97. The van der Waals surface area contributed by atoms with Crippen molar-refractivity contribution in [1.82, 2.24) is 0 Å². The standard InChI is InChI=1S/C19H23BrN2O2/c1-3-5-11-24-19-13-17(20)15(12-18(19)23-4-2)14-21-22-16-9-7-6-8-10-16/h6-10,12-14,22H,3-5,11H2,1-2H3. The van der Waals surface area contributed by atoms with Gasteiger partial charge in [-0.3, -0.25) is 5.43 Å². The van der Waals surface area contributed by atoms with Crippen molar-refractivity contribution in [3.8, 4) is 11.5 Å². The molecule has 0 spiro atoms. The third-order valence-electron chi connectivity index (χ3n) is 3.29. The number of para-hydroxylation sites is 1. The summed E-state index contributed by atoms with van der Waals surface area (Å²) in [6.07, 6.45) is 3.88. The van der Waals surface area contributed by atoms with Crippen LogP contribution >= 0.6 is 15.9 Å². The summed E-state index contributed by atoms with van der Waals surface area (Å²) in [5.41, 5.74) is 4.87. The van der Waals surface area contributed by atoms with E-state index in [0.29, 0.717) is 13.2 Å². The van der Waals surface area contributed by atoms with Crippen molar-refractivity contribution in [2.75, 3.05) is 18.6 Å². The molecule has 0 aliphatic carbocycles. The molecule has 0 fully saturated rings. The van der Waals surface area contributed by atoms with Crippen molar-refractivity contribution >= 4 is 27.8 Å². The highest BCUT2D eigenvalue weighted by atomic mass is 79.9. The van der Waals surface area contributed by atoms with E-state index < -0.39 is 0 Å². The monoisotopic (exact) mass is 390 g/mol. The molecule has 0 bridgehead atoms. The van der Waals surface area contributed by atoms with Gasteiger partial charge in [0.05, 0.1) is 25.1 Å². The van der Waals surface area contributed by atoms with Gasteiger partial charge in [0.25, 0.3) is 0 Å². The van der Waals surface area contributed by atoms with Crippen molar-refractivity contribution in [3.63, 3.8) is 0 Å². The van der Waals surface area contributed by atoms with Gasteiger partial charge < -0.3 is 9.47 Å². The van der Waals surface area contributed by atoms with Gasteiger partial charge in [0.1, 0.15) is 0 Å². The second-order valence-electron chi connectivity index (χ2n) is 5.19. The molecule has 24 heavy (non-hydrogen) atoms. The fourth-order valence-electron chi connectivity index (χ4n) is 2.05. The number of unbranched alkanes of at least 4 members (excludes halogenated alkanes) is 1. The summed E-state index contributed by atoms with van der Waals surface area (Å²) in [4.78, 5) is 0. The third kappa shape index (κ3) is 5.57. The second-order valence-corrected chi connectivity index (χ2v) is 6.05. The molecule has 128 valence electrons. The summed E-state index contributed by atoms with van der Waals surface area (Å²) in [7, 11) is 0. The molecule has 0 aliphatic heterocycles. The number of nitrogens with one attached hydrogen (secondary N) is 1. The fourth-order valence-corrected chi connectivity index (χ4v) is 2.47. The van der Waals surface area contributed by atoms with Crippen LogP contribution in [0, 0.1) is 0 Å². The number of rotatable bonds is 9. The molecule has 2 aromatic rings. The smallest absolute Gasteiger partial charge is 0.162 e. The minimum absolute atomic E-state index is 0.588. The van der Waals surface area contributed by atoms with E-state index >= 15 is 0 Å². The lowest BCUT2D eigenvalue weighted by molar-refractivity contribution is 0.272. The molecule has 1 N–H and O–H groups in total. The normalized spacial score (nSPS) is 10.8. The highest BCUT2D eigenvalue weighted by Gasteiger charge is 2.10. The average Bonchev–Trinajstić information content (AvgIpc) is 2.59. The molecule has 0 amide bonds. The number of hydrogen-bond acceptors (Lipinski definition) is 4. The first-order chi connectivity index (χ1) is 11.7. The fraction of sp³-hybridized carbons (Fsp3) is 0.316. The van der Waals surface area contributed by atoms with Crippen molar-refractivity contribution < 1.29 is 9.47 Å². The second kappa shape index (κ2) is 9.98. The van der Waals surface area contributed by atoms with E-state index in [-0.39, 0.29) is 0 Å². The summed E-state index contributed by atoms with van der Waals surface area (Å²) >= 11 is 3.57. The molecular weight excluding hydrogens is 368 g/mol. The Kier molecular flexibility index (Phi) is 7.62. The SMILES string of the molecule is CCCCOc1cc(Br)c(C=NNc2ccccc2)cc1OCC. The van der Waals surface area contributed by atoms with Gasteiger partial charge in [-0.2, -0.15) is 5.10 Å². The molecule has 0 heterocycles. The van der Waals surface area contributed by atoms with E-state index in [1.165, 1.54) is 0 Å². The van der Waals surface area contributed by atoms with Gasteiger partial charge in [0.15, 0.2) is 11.5 Å². The quantitative estimate of drug-likeness (QED) is 0.350. The topological polar surface area (TPSA) is 42.8 Å². The molecule has 0 aromatic heterocycles. The summed E-state index contributed by atoms with van der Waals surface area (Å²) < 4.78 is 12.4. The zero-order chi connectivity index (χ0) is 17.2. The Labute approximate surface area is 152 Å². The van der Waals surface area contributed by atoms with E-state index in [4.69, 9.17) is 9.47 Å². The van der Waals surface area contributed by atoms with Gasteiger partial charge >= 0.3 is 0 Å². The summed E-state index contributed by atoms with van der Waals surface area (Å²) in [6, 6.07) is 13.7. The van der Waals surface area contributed by atoms with Crippen molar-refractivity contribution in [2.45, 2.75) is 26.7 Å². The van der Waals surface area contributed by atoms with E-state index in [1.54, 1.807) is 6.21 Å². The number of hydrazone groups is 1. The first kappa shape index (κ1) is 18.3. The molecule has 2 rings (SSSR count). The lowest BCUT2D eigenvalue weighted by atomic mass is 10.2. The number of hydrogen-bond donors (Lipinski definition) is 1. The largest absolute Gasteiger partial charge is 0.490 e. The number of anilines is 1. The lowest BCUT2D eigenvalue weighted by Crippen LogP contribution is -2.02. The maximum absolute atomic E-state index is 5.82. The molecule has 0 atom stereocenters. The Bertz CT molecular complexity index is 660. The molecule has 5 heteroatoms. The highest BCUT2D eigenvalue weighted by molar-refractivity contribution is 9.10. The van der Waals surface area contributed by atoms with Crippen LogP contribution < -0.4 is 14.9 Å². The van der Waals surface area contributed by atoms with Gasteiger partial charge in [-0.25, -0.2) is 0 Å². The van der Waals surface area contributed by atoms with Crippen molar-refractivity contribution in [2.24, 2.45) is 5.10 Å². The third-order valence-corrected chi connectivity index (χ3v) is 3.98. The molecule has 0 radical (unpaired) electrons. The van der Waals surface area contributed by atoms with Crippen LogP contribution in [0.1, 0.15) is 32.3 Å². The Morgan fingerprint density at radius 2 is 1.83 bits per heavy atom. The van der Waals surface area contributed by atoms with Crippen LogP contribution in [0.2, 0.25) is 0 Å². The number of nitrogens with zero attached hydrogens (tertiary/aromatic N) is 1. The van der Waals surface area contributed by atoms with Crippen LogP contribution in [-0.4, -0.2) is 19.4 Å². The maximum Gasteiger partial charge on any atom is 0.162 e. The van der Waals surface area contributed by atoms with Crippen LogP contribution in [-0.2, 0) is 0 Å². The Morgan fingerprint density at radius 3 is 2.54 bits per heavy atom. The van der Waals surface area contributed by atoms with E-state index in [9.17, 15) is 0 Å². The molecule has 0 saturated heterocycles. The van der Waals surface area contributed by atoms with Crippen LogP contribution in [0.5, 0.6) is 11.5 Å². The van der Waals surface area contributed by atoms with Gasteiger partial charge in [0, 0.05) is 10.0 Å². The first-order valence-electron chi connectivity index (χ1n) is 8.17. The molecule has 2 aromatic carbocycles. The maximum atomic E-state index is 5.82. The predicted octanol–water partition coefficient (Wildman–Crippen LogP) is 5.47. The minimum atomic E-state index is 0.588. The van der Waals surface area contributed by atoms with E-state index in [0.717, 1.165) is 40.1 Å². The summed E-state index contributed by atoms with van der Waals surface area (Å²) in [5.74, 6) is 1.49. The molecule has 0 aliphatic rings. The van der Waals surface area contributed by atoms with Gasteiger partial charge in [-0.15, -0.1) is 0 Å². The van der Waals surface area contributed by atoms with Gasteiger partial charge in [0.2, 0.25) is 0 Å². The predicted molar refractivity (Wildman–Crippen MR) is 103 cm³/mol. The Hall–Kier alpha value is -2.01. The zero-order valence-electron chi connectivity index (χ0n) is 14.1. The Balaban J connectivity index is 2.12. The van der Waals surface area contributed by atoms with E-state index in [1.807, 2.05) is 49.4 Å². The van der Waals surface area contributed by atoms with Crippen molar-refractivity contribution in [1.29, 1.82) is 0 Å². The van der Waals surface area contributed by atoms with Crippen LogP contribution in [0.15, 0.2) is 52.0 Å². The lowest BCUT2D eigenvalue weighted by Gasteiger charge is -2.13. The zero-order valence-corrected chi connectivity index (χ0v) is 15.7. The van der Waals surface area contributed by atoms with Crippen LogP contribution in [0.25, 0.3) is 0 Å². The number of halogens is 1. The number of ether oxygens (including phenoxy) is 2. The molecule has 4 nitrogen and oxygen atoms in total. The molecular formula is C19H23BrN2O2. The van der Waals surface area contributed by atoms with Gasteiger partial charge in [-0.1, -0.05) is 31.5 Å². The number of benzene rings is 2. The minimum Gasteiger partial charge on any atom is -0.490 e. The molecule has 0 saturated carbocycles. The molecule has 0 unspecified atom stereocenters. The van der Waals surface area contributed by atoms with E-state index in [2.05, 4.69) is 33.4 Å². The Morgan fingerprint density at radius 1 is 1.08 bits per heavy atom. The van der Waals surface area contributed by atoms with Crippen LogP contribution in [0.4, 0.5) is 5.69 Å². The summed E-state index contributed by atoms with van der Waals surface area (Å²) in [6.45, 7) is 5.38. The van der Waals surface area contributed by atoms with Gasteiger partial charge in [-0.05, 0) is 53.5 Å². The average molecular weight is 391 g/mol. The van der Waals surface area contributed by atoms with Crippen LogP contribution in [0.3, 0.4) is 0 Å².